The third-order valence-corrected chi connectivity index (χ3v) is 5.27. The molecule has 0 saturated carbocycles. The van der Waals surface area contributed by atoms with Crippen molar-refractivity contribution < 1.29 is 22.7 Å². The van der Waals surface area contributed by atoms with Gasteiger partial charge in [-0.3, -0.25) is 4.79 Å². The molecule has 22 heavy (non-hydrogen) atoms. The van der Waals surface area contributed by atoms with Crippen LogP contribution in [0.2, 0.25) is 0 Å². The van der Waals surface area contributed by atoms with Crippen molar-refractivity contribution in [3.63, 3.8) is 0 Å². The minimum Gasteiger partial charge on any atom is -0.395 e. The topological polar surface area (TPSA) is 86.7 Å². The summed E-state index contributed by atoms with van der Waals surface area (Å²) in [5.41, 5.74) is -0.193. The van der Waals surface area contributed by atoms with Gasteiger partial charge in [0.1, 0.15) is 5.82 Å². The minimum absolute atomic E-state index is 0.0514. The number of nitrogens with one attached hydrogen (secondary N) is 1. The molecule has 0 heterocycles. The summed E-state index contributed by atoms with van der Waals surface area (Å²) in [6, 6.07) is 2.90. The van der Waals surface area contributed by atoms with Gasteiger partial charge in [0.2, 0.25) is 15.9 Å². The second-order valence-electron chi connectivity index (χ2n) is 4.92. The van der Waals surface area contributed by atoms with Crippen LogP contribution >= 0.6 is 0 Å². The van der Waals surface area contributed by atoms with Crippen LogP contribution in [-0.2, 0) is 14.8 Å². The predicted molar refractivity (Wildman–Crippen MR) is 81.4 cm³/mol. The van der Waals surface area contributed by atoms with Crippen molar-refractivity contribution in [2.24, 2.45) is 0 Å². The van der Waals surface area contributed by atoms with Crippen molar-refractivity contribution in [3.8, 4) is 0 Å². The van der Waals surface area contributed by atoms with E-state index in [2.05, 4.69) is 5.32 Å². The summed E-state index contributed by atoms with van der Waals surface area (Å²) in [5, 5.41) is 11.3. The molecule has 1 aromatic carbocycles. The lowest BCUT2D eigenvalue weighted by molar-refractivity contribution is -0.114. The first-order valence-electron chi connectivity index (χ1n) is 6.93. The molecule has 8 heteroatoms. The van der Waals surface area contributed by atoms with E-state index in [1.165, 1.54) is 6.92 Å². The van der Waals surface area contributed by atoms with Crippen LogP contribution in [0.5, 0.6) is 0 Å². The van der Waals surface area contributed by atoms with Gasteiger partial charge < -0.3 is 10.4 Å². The number of hydrogen-bond donors (Lipinski definition) is 2. The highest BCUT2D eigenvalue weighted by Crippen LogP contribution is 2.24. The molecule has 0 spiro atoms. The van der Waals surface area contributed by atoms with E-state index in [0.29, 0.717) is 6.42 Å². The maximum atomic E-state index is 13.6. The molecule has 0 bridgehead atoms. The van der Waals surface area contributed by atoms with Crippen LogP contribution < -0.4 is 5.32 Å². The van der Waals surface area contributed by atoms with Gasteiger partial charge in [-0.15, -0.1) is 0 Å². The number of carbonyl (C=O) groups excluding carboxylic acids is 1. The lowest BCUT2D eigenvalue weighted by atomic mass is 10.3. The quantitative estimate of drug-likeness (QED) is 0.793. The molecule has 1 unspecified atom stereocenters. The van der Waals surface area contributed by atoms with Crippen molar-refractivity contribution in [1.82, 2.24) is 4.31 Å². The Morgan fingerprint density at radius 2 is 2.09 bits per heavy atom. The van der Waals surface area contributed by atoms with Gasteiger partial charge in [0, 0.05) is 19.5 Å². The van der Waals surface area contributed by atoms with Crippen LogP contribution in [0.25, 0.3) is 0 Å². The number of amides is 1. The zero-order valence-electron chi connectivity index (χ0n) is 12.8. The molecule has 0 aliphatic heterocycles. The first-order chi connectivity index (χ1) is 10.2. The van der Waals surface area contributed by atoms with E-state index in [1.807, 2.05) is 6.92 Å². The summed E-state index contributed by atoms with van der Waals surface area (Å²) < 4.78 is 40.1. The van der Waals surface area contributed by atoms with E-state index in [4.69, 9.17) is 5.11 Å². The summed E-state index contributed by atoms with van der Waals surface area (Å²) in [6.45, 7) is 4.40. The van der Waals surface area contributed by atoms with Crippen molar-refractivity contribution in [3.05, 3.63) is 24.0 Å². The number of nitrogens with zero attached hydrogens (tertiary/aromatic N) is 1. The Kier molecular flexibility index (Phi) is 6.46. The molecule has 1 atom stereocenters. The van der Waals surface area contributed by atoms with E-state index in [9.17, 15) is 17.6 Å². The standard InChI is InChI=1S/C14H21FN2O4S/c1-4-10(2)17(7-8-18)22(20,21)12-5-6-13(15)14(9-12)16-11(3)19/h5-6,9-10,18H,4,7-8H2,1-3H3,(H,16,19). The van der Waals surface area contributed by atoms with E-state index < -0.39 is 21.7 Å². The van der Waals surface area contributed by atoms with E-state index >= 15 is 0 Å². The number of rotatable bonds is 7. The molecular weight excluding hydrogens is 311 g/mol. The number of sulfonamides is 1. The fourth-order valence-corrected chi connectivity index (χ4v) is 3.69. The summed E-state index contributed by atoms with van der Waals surface area (Å²) in [7, 11) is -3.89. The van der Waals surface area contributed by atoms with Crippen molar-refractivity contribution >= 4 is 21.6 Å². The van der Waals surface area contributed by atoms with E-state index in [0.717, 1.165) is 22.5 Å². The number of anilines is 1. The zero-order chi connectivity index (χ0) is 16.9. The Bertz CT molecular complexity index is 634. The molecule has 0 aromatic heterocycles. The maximum absolute atomic E-state index is 13.6. The number of carbonyl (C=O) groups is 1. The lowest BCUT2D eigenvalue weighted by Crippen LogP contribution is -2.40. The predicted octanol–water partition coefficient (Wildman–Crippen LogP) is 1.57. The van der Waals surface area contributed by atoms with Crippen LogP contribution in [0.1, 0.15) is 27.2 Å². The van der Waals surface area contributed by atoms with Gasteiger partial charge in [-0.05, 0) is 31.5 Å². The largest absolute Gasteiger partial charge is 0.395 e. The summed E-state index contributed by atoms with van der Waals surface area (Å²) in [5.74, 6) is -1.21. The smallest absolute Gasteiger partial charge is 0.243 e. The number of aliphatic hydroxyl groups is 1. The van der Waals surface area contributed by atoms with Gasteiger partial charge in [0.15, 0.2) is 0 Å². The second-order valence-corrected chi connectivity index (χ2v) is 6.81. The molecule has 0 fully saturated rings. The van der Waals surface area contributed by atoms with Crippen molar-refractivity contribution in [1.29, 1.82) is 0 Å². The monoisotopic (exact) mass is 332 g/mol. The first-order valence-corrected chi connectivity index (χ1v) is 8.37. The highest BCUT2D eigenvalue weighted by Gasteiger charge is 2.28. The average Bonchev–Trinajstić information content (AvgIpc) is 2.45. The van der Waals surface area contributed by atoms with Crippen molar-refractivity contribution in [2.75, 3.05) is 18.5 Å². The third-order valence-electron chi connectivity index (χ3n) is 3.26. The van der Waals surface area contributed by atoms with Gasteiger partial charge in [-0.25, -0.2) is 12.8 Å². The molecule has 2 N–H and O–H groups in total. The summed E-state index contributed by atoms with van der Waals surface area (Å²) >= 11 is 0. The molecule has 6 nitrogen and oxygen atoms in total. The number of hydrogen-bond acceptors (Lipinski definition) is 4. The van der Waals surface area contributed by atoms with E-state index in [1.54, 1.807) is 6.92 Å². The van der Waals surface area contributed by atoms with Crippen LogP contribution in [-0.4, -0.2) is 42.9 Å². The number of halogens is 1. The Labute approximate surface area is 130 Å². The molecule has 0 aliphatic carbocycles. The Morgan fingerprint density at radius 3 is 2.59 bits per heavy atom. The fraction of sp³-hybridized carbons (Fsp3) is 0.500. The summed E-state index contributed by atoms with van der Waals surface area (Å²) in [6.07, 6.45) is 0.568. The fourth-order valence-electron chi connectivity index (χ4n) is 1.97. The first kappa shape index (κ1) is 18.5. The number of benzene rings is 1. The van der Waals surface area contributed by atoms with Gasteiger partial charge in [-0.2, -0.15) is 4.31 Å². The van der Waals surface area contributed by atoms with Gasteiger partial charge in [-0.1, -0.05) is 6.92 Å². The SMILES string of the molecule is CCC(C)N(CCO)S(=O)(=O)c1ccc(F)c(NC(C)=O)c1. The molecule has 0 aliphatic rings. The zero-order valence-corrected chi connectivity index (χ0v) is 13.7. The Morgan fingerprint density at radius 1 is 1.45 bits per heavy atom. The highest BCUT2D eigenvalue weighted by atomic mass is 32.2. The Hall–Kier alpha value is -1.51. The molecule has 1 rings (SSSR count). The maximum Gasteiger partial charge on any atom is 0.243 e. The van der Waals surface area contributed by atoms with E-state index in [-0.39, 0.29) is 29.8 Å². The third kappa shape index (κ3) is 4.25. The van der Waals surface area contributed by atoms with Crippen LogP contribution in [0.4, 0.5) is 10.1 Å². The van der Waals surface area contributed by atoms with Crippen LogP contribution in [0.15, 0.2) is 23.1 Å². The molecule has 0 saturated heterocycles. The van der Waals surface area contributed by atoms with Crippen molar-refractivity contribution in [2.45, 2.75) is 38.1 Å². The second kappa shape index (κ2) is 7.66. The van der Waals surface area contributed by atoms with Crippen LogP contribution in [0.3, 0.4) is 0 Å². The average molecular weight is 332 g/mol. The molecular formula is C14H21FN2O4S. The summed E-state index contributed by atoms with van der Waals surface area (Å²) in [4.78, 5) is 10.9. The van der Waals surface area contributed by atoms with Gasteiger partial charge >= 0.3 is 0 Å². The van der Waals surface area contributed by atoms with Gasteiger partial charge in [0.25, 0.3) is 0 Å². The molecule has 124 valence electrons. The number of aliphatic hydroxyl groups excluding tert-OH is 1. The minimum atomic E-state index is -3.89. The lowest BCUT2D eigenvalue weighted by Gasteiger charge is -2.27. The Balaban J connectivity index is 3.28. The highest BCUT2D eigenvalue weighted by molar-refractivity contribution is 7.89. The molecule has 1 amide bonds. The van der Waals surface area contributed by atoms with Crippen LogP contribution in [0, 0.1) is 5.82 Å². The van der Waals surface area contributed by atoms with Gasteiger partial charge in [0.05, 0.1) is 17.2 Å². The molecule has 0 radical (unpaired) electrons. The molecule has 1 aromatic rings. The normalized spacial score (nSPS) is 13.2.